The first-order chi connectivity index (χ1) is 9.22. The van der Waals surface area contributed by atoms with Gasteiger partial charge in [0.05, 0.1) is 17.1 Å². The van der Waals surface area contributed by atoms with Crippen molar-refractivity contribution in [3.63, 3.8) is 0 Å². The summed E-state index contributed by atoms with van der Waals surface area (Å²) in [5.74, 6) is -0.864. The average Bonchev–Trinajstić information content (AvgIpc) is 2.74. The molecule has 0 atom stereocenters. The molecule has 0 unspecified atom stereocenters. The Morgan fingerprint density at radius 1 is 1.35 bits per heavy atom. The SMILES string of the molecule is Cc1n[nH]c(C)c1NC(=O)CN1C(=O)NC(C)(C)C1=O. The van der Waals surface area contributed by atoms with Gasteiger partial charge in [-0.15, -0.1) is 0 Å². The highest BCUT2D eigenvalue weighted by atomic mass is 16.2. The van der Waals surface area contributed by atoms with Crippen LogP contribution in [0.3, 0.4) is 0 Å². The van der Waals surface area contributed by atoms with Gasteiger partial charge in [-0.05, 0) is 27.7 Å². The lowest BCUT2D eigenvalue weighted by Gasteiger charge is -2.15. The van der Waals surface area contributed by atoms with Gasteiger partial charge in [0, 0.05) is 0 Å². The number of nitrogens with zero attached hydrogens (tertiary/aromatic N) is 2. The number of aromatic nitrogens is 2. The fraction of sp³-hybridized carbons (Fsp3) is 0.500. The molecule has 2 rings (SSSR count). The summed E-state index contributed by atoms with van der Waals surface area (Å²) in [5, 5.41) is 11.9. The highest BCUT2D eigenvalue weighted by Crippen LogP contribution is 2.18. The molecule has 0 spiro atoms. The molecular formula is C12H17N5O3. The van der Waals surface area contributed by atoms with Crippen molar-refractivity contribution in [2.45, 2.75) is 33.2 Å². The van der Waals surface area contributed by atoms with Crippen LogP contribution in [0.25, 0.3) is 0 Å². The minimum Gasteiger partial charge on any atom is -0.324 e. The number of urea groups is 1. The van der Waals surface area contributed by atoms with E-state index in [9.17, 15) is 14.4 Å². The molecule has 0 saturated carbocycles. The number of hydrogen-bond acceptors (Lipinski definition) is 4. The first kappa shape index (κ1) is 14.0. The Morgan fingerprint density at radius 2 is 2.00 bits per heavy atom. The van der Waals surface area contributed by atoms with Crippen molar-refractivity contribution in [3.8, 4) is 0 Å². The second-order valence-corrected chi connectivity index (χ2v) is 5.30. The van der Waals surface area contributed by atoms with Gasteiger partial charge in [0.2, 0.25) is 5.91 Å². The van der Waals surface area contributed by atoms with Crippen LogP contribution < -0.4 is 10.6 Å². The first-order valence-electron chi connectivity index (χ1n) is 6.18. The van der Waals surface area contributed by atoms with E-state index in [-0.39, 0.29) is 6.54 Å². The zero-order chi connectivity index (χ0) is 15.1. The number of anilines is 1. The summed E-state index contributed by atoms with van der Waals surface area (Å²) < 4.78 is 0. The van der Waals surface area contributed by atoms with E-state index in [0.29, 0.717) is 17.1 Å². The molecule has 0 aromatic carbocycles. The Bertz CT molecular complexity index is 570. The van der Waals surface area contributed by atoms with E-state index in [1.165, 1.54) is 0 Å². The fourth-order valence-electron chi connectivity index (χ4n) is 2.02. The molecule has 20 heavy (non-hydrogen) atoms. The summed E-state index contributed by atoms with van der Waals surface area (Å²) in [6.07, 6.45) is 0. The van der Waals surface area contributed by atoms with Gasteiger partial charge >= 0.3 is 6.03 Å². The number of aryl methyl sites for hydroxylation is 2. The minimum atomic E-state index is -0.973. The number of imide groups is 1. The number of amides is 4. The molecule has 1 saturated heterocycles. The zero-order valence-electron chi connectivity index (χ0n) is 11.8. The van der Waals surface area contributed by atoms with Crippen LogP contribution in [0.4, 0.5) is 10.5 Å². The van der Waals surface area contributed by atoms with Crippen LogP contribution in [0.15, 0.2) is 0 Å². The van der Waals surface area contributed by atoms with Gasteiger partial charge in [-0.1, -0.05) is 0 Å². The van der Waals surface area contributed by atoms with Crippen molar-refractivity contribution in [2.24, 2.45) is 0 Å². The van der Waals surface area contributed by atoms with Gasteiger partial charge < -0.3 is 10.6 Å². The molecule has 0 aliphatic carbocycles. The molecular weight excluding hydrogens is 262 g/mol. The summed E-state index contributed by atoms with van der Waals surface area (Å²) >= 11 is 0. The molecule has 3 N–H and O–H groups in total. The van der Waals surface area contributed by atoms with Crippen molar-refractivity contribution in [3.05, 3.63) is 11.4 Å². The molecule has 2 heterocycles. The molecule has 1 aliphatic heterocycles. The number of carbonyl (C=O) groups is 3. The Balaban J connectivity index is 2.06. The third-order valence-electron chi connectivity index (χ3n) is 3.14. The molecule has 4 amide bonds. The Labute approximate surface area is 115 Å². The normalized spacial score (nSPS) is 17.3. The second-order valence-electron chi connectivity index (χ2n) is 5.30. The molecule has 108 valence electrons. The van der Waals surface area contributed by atoms with Crippen LogP contribution in [0.2, 0.25) is 0 Å². The van der Waals surface area contributed by atoms with Gasteiger partial charge in [0.15, 0.2) is 0 Å². The highest BCUT2D eigenvalue weighted by molar-refractivity contribution is 6.09. The Kier molecular flexibility index (Phi) is 3.24. The second kappa shape index (κ2) is 4.62. The van der Waals surface area contributed by atoms with Crippen molar-refractivity contribution in [1.29, 1.82) is 0 Å². The van der Waals surface area contributed by atoms with Crippen molar-refractivity contribution in [1.82, 2.24) is 20.4 Å². The molecule has 1 aliphatic rings. The number of nitrogens with one attached hydrogen (secondary N) is 3. The van der Waals surface area contributed by atoms with Gasteiger partial charge in [-0.2, -0.15) is 5.10 Å². The van der Waals surface area contributed by atoms with Gasteiger partial charge in [-0.25, -0.2) is 4.79 Å². The van der Waals surface area contributed by atoms with Crippen LogP contribution in [0.1, 0.15) is 25.2 Å². The largest absolute Gasteiger partial charge is 0.325 e. The Hall–Kier alpha value is -2.38. The lowest BCUT2D eigenvalue weighted by atomic mass is 10.1. The molecule has 1 aromatic rings. The van der Waals surface area contributed by atoms with Gasteiger partial charge in [0.25, 0.3) is 5.91 Å². The van der Waals surface area contributed by atoms with Crippen LogP contribution in [-0.4, -0.2) is 45.0 Å². The molecule has 8 heteroatoms. The van der Waals surface area contributed by atoms with Crippen molar-refractivity contribution < 1.29 is 14.4 Å². The summed E-state index contributed by atoms with van der Waals surface area (Å²) in [5.41, 5.74) is 0.960. The predicted molar refractivity (Wildman–Crippen MR) is 71.0 cm³/mol. The average molecular weight is 279 g/mol. The number of rotatable bonds is 3. The number of H-pyrrole nitrogens is 1. The van der Waals surface area contributed by atoms with Crippen LogP contribution in [-0.2, 0) is 9.59 Å². The number of carbonyl (C=O) groups excluding carboxylic acids is 3. The first-order valence-corrected chi connectivity index (χ1v) is 6.18. The maximum atomic E-state index is 12.0. The van der Waals surface area contributed by atoms with E-state index in [4.69, 9.17) is 0 Å². The molecule has 8 nitrogen and oxygen atoms in total. The van der Waals surface area contributed by atoms with Crippen molar-refractivity contribution >= 4 is 23.5 Å². The Morgan fingerprint density at radius 3 is 2.45 bits per heavy atom. The lowest BCUT2D eigenvalue weighted by molar-refractivity contribution is -0.132. The minimum absolute atomic E-state index is 0.321. The predicted octanol–water partition coefficient (Wildman–Crippen LogP) is 0.295. The summed E-state index contributed by atoms with van der Waals surface area (Å²) in [6.45, 7) is 6.38. The third kappa shape index (κ3) is 2.36. The summed E-state index contributed by atoms with van der Waals surface area (Å²) in [6, 6.07) is -0.559. The maximum absolute atomic E-state index is 12.0. The molecule has 1 aromatic heterocycles. The third-order valence-corrected chi connectivity index (χ3v) is 3.14. The van der Waals surface area contributed by atoms with E-state index >= 15 is 0 Å². The topological polar surface area (TPSA) is 107 Å². The van der Waals surface area contributed by atoms with E-state index in [1.807, 2.05) is 0 Å². The van der Waals surface area contributed by atoms with E-state index in [0.717, 1.165) is 4.90 Å². The highest BCUT2D eigenvalue weighted by Gasteiger charge is 2.44. The summed E-state index contributed by atoms with van der Waals surface area (Å²) in [7, 11) is 0. The summed E-state index contributed by atoms with van der Waals surface area (Å²) in [4.78, 5) is 36.5. The number of hydrogen-bond donors (Lipinski definition) is 3. The van der Waals surface area contributed by atoms with Gasteiger partial charge in [-0.3, -0.25) is 19.6 Å². The zero-order valence-corrected chi connectivity index (χ0v) is 11.8. The lowest BCUT2D eigenvalue weighted by Crippen LogP contribution is -2.41. The van der Waals surface area contributed by atoms with E-state index in [1.54, 1.807) is 27.7 Å². The maximum Gasteiger partial charge on any atom is 0.325 e. The van der Waals surface area contributed by atoms with Crippen LogP contribution >= 0.6 is 0 Å². The smallest absolute Gasteiger partial charge is 0.324 e. The fourth-order valence-corrected chi connectivity index (χ4v) is 2.02. The number of aromatic amines is 1. The molecule has 0 radical (unpaired) electrons. The molecule has 1 fully saturated rings. The van der Waals surface area contributed by atoms with Crippen molar-refractivity contribution in [2.75, 3.05) is 11.9 Å². The van der Waals surface area contributed by atoms with E-state index < -0.39 is 23.4 Å². The van der Waals surface area contributed by atoms with E-state index in [2.05, 4.69) is 20.8 Å². The van der Waals surface area contributed by atoms with Crippen LogP contribution in [0, 0.1) is 13.8 Å². The van der Waals surface area contributed by atoms with Crippen LogP contribution in [0.5, 0.6) is 0 Å². The standard InChI is InChI=1S/C12H17N5O3/c1-6-9(7(2)16-15-6)13-8(18)5-17-10(19)12(3,4)14-11(17)20/h5H2,1-4H3,(H,13,18)(H,14,20)(H,15,16). The quantitative estimate of drug-likeness (QED) is 0.691. The molecule has 0 bridgehead atoms. The van der Waals surface area contributed by atoms with Gasteiger partial charge in [0.1, 0.15) is 12.1 Å². The monoisotopic (exact) mass is 279 g/mol.